The molecule has 1 amide bonds. The van der Waals surface area contributed by atoms with Crippen LogP contribution in [-0.4, -0.2) is 63.2 Å². The van der Waals surface area contributed by atoms with Crippen LogP contribution in [-0.2, 0) is 28.6 Å². The number of likely N-dealkylation sites (N-methyl/N-ethyl adjacent to an activating group) is 1. The number of hydrogen-bond donors (Lipinski definition) is 0. The molecule has 1 unspecified atom stereocenters. The van der Waals surface area contributed by atoms with Crippen LogP contribution in [0.2, 0.25) is 0 Å². The molecule has 7 nitrogen and oxygen atoms in total. The molecule has 0 bridgehead atoms. The van der Waals surface area contributed by atoms with Gasteiger partial charge in [-0.2, -0.15) is 8.42 Å². The van der Waals surface area contributed by atoms with Crippen molar-refractivity contribution in [1.82, 2.24) is 4.90 Å². The van der Waals surface area contributed by atoms with E-state index in [1.807, 2.05) is 0 Å². The van der Waals surface area contributed by atoms with Crippen LogP contribution < -0.4 is 0 Å². The third-order valence-corrected chi connectivity index (χ3v) is 5.51. The van der Waals surface area contributed by atoms with Gasteiger partial charge in [0.1, 0.15) is 0 Å². The quantitative estimate of drug-likeness (QED) is 0.679. The summed E-state index contributed by atoms with van der Waals surface area (Å²) in [6.45, 7) is 1.23. The Morgan fingerprint density at radius 2 is 1.76 bits per heavy atom. The zero-order valence-corrected chi connectivity index (χ0v) is 13.1. The summed E-state index contributed by atoms with van der Waals surface area (Å²) in [6, 6.07) is 0. The molecule has 0 aromatic carbocycles. The molecule has 1 saturated carbocycles. The van der Waals surface area contributed by atoms with Crippen LogP contribution >= 0.6 is 0 Å². The Morgan fingerprint density at radius 1 is 1.19 bits per heavy atom. The van der Waals surface area contributed by atoms with Crippen molar-refractivity contribution < 1.29 is 26.9 Å². The second-order valence-electron chi connectivity index (χ2n) is 6.22. The summed E-state index contributed by atoms with van der Waals surface area (Å²) in [5.41, 5.74) is -0.340. The van der Waals surface area contributed by atoms with Gasteiger partial charge in [0.25, 0.3) is 16.0 Å². The van der Waals surface area contributed by atoms with E-state index in [4.69, 9.17) is 13.7 Å². The molecule has 0 aromatic rings. The van der Waals surface area contributed by atoms with Gasteiger partial charge in [-0.1, -0.05) is 0 Å². The average Bonchev–Trinajstić information content (AvgIpc) is 2.93. The van der Waals surface area contributed by atoms with Crippen molar-refractivity contribution in [2.24, 2.45) is 0 Å². The Bertz CT molecular complexity index is 529. The summed E-state index contributed by atoms with van der Waals surface area (Å²) in [4.78, 5) is 13.9. The van der Waals surface area contributed by atoms with Gasteiger partial charge in [-0.25, -0.2) is 0 Å². The molecule has 8 heteroatoms. The highest BCUT2D eigenvalue weighted by Crippen LogP contribution is 2.47. The normalized spacial score (nSPS) is 31.4. The van der Waals surface area contributed by atoms with E-state index in [-0.39, 0.29) is 11.4 Å². The van der Waals surface area contributed by atoms with Crippen molar-refractivity contribution in [3.05, 3.63) is 0 Å². The van der Waals surface area contributed by atoms with Crippen molar-refractivity contribution in [2.45, 2.75) is 49.5 Å². The third-order valence-electron chi connectivity index (χ3n) is 4.93. The van der Waals surface area contributed by atoms with Gasteiger partial charge in [0.05, 0.1) is 19.5 Å². The minimum absolute atomic E-state index is 0.260. The fourth-order valence-corrected chi connectivity index (χ4v) is 4.30. The van der Waals surface area contributed by atoms with E-state index in [0.717, 1.165) is 31.9 Å². The summed E-state index contributed by atoms with van der Waals surface area (Å²) in [5, 5.41) is 0. The lowest BCUT2D eigenvalue weighted by molar-refractivity contribution is -0.191. The lowest BCUT2D eigenvalue weighted by atomic mass is 9.77. The monoisotopic (exact) mass is 319 g/mol. The average molecular weight is 319 g/mol. The van der Waals surface area contributed by atoms with E-state index in [0.29, 0.717) is 19.6 Å². The topological polar surface area (TPSA) is 82.1 Å². The first-order valence-corrected chi connectivity index (χ1v) is 9.01. The van der Waals surface area contributed by atoms with E-state index in [2.05, 4.69) is 0 Å². The largest absolute Gasteiger partial charge is 0.348 e. The standard InChI is InChI=1S/C13H21NO6S/c1-14-11(15)10(20-21(2,16)17)9-12(14)3-5-13(6-4-12)18-7-8-19-13/h10H,3-9H2,1-2H3. The maximum absolute atomic E-state index is 12.2. The zero-order chi connectivity index (χ0) is 15.3. The minimum atomic E-state index is -3.64. The van der Waals surface area contributed by atoms with E-state index >= 15 is 0 Å². The predicted molar refractivity (Wildman–Crippen MR) is 72.9 cm³/mol. The Morgan fingerprint density at radius 3 is 2.29 bits per heavy atom. The first kappa shape index (κ1) is 15.2. The van der Waals surface area contributed by atoms with Gasteiger partial charge in [-0.15, -0.1) is 0 Å². The molecule has 21 heavy (non-hydrogen) atoms. The number of likely N-dealkylation sites (tertiary alicyclic amines) is 1. The van der Waals surface area contributed by atoms with Crippen LogP contribution in [0.5, 0.6) is 0 Å². The lowest BCUT2D eigenvalue weighted by Crippen LogP contribution is -2.50. The van der Waals surface area contributed by atoms with E-state index in [1.165, 1.54) is 0 Å². The van der Waals surface area contributed by atoms with Crippen LogP contribution in [0.25, 0.3) is 0 Å². The van der Waals surface area contributed by atoms with Crippen molar-refractivity contribution >= 4 is 16.0 Å². The lowest BCUT2D eigenvalue weighted by Gasteiger charge is -2.44. The van der Waals surface area contributed by atoms with Gasteiger partial charge in [-0.3, -0.25) is 8.98 Å². The second-order valence-corrected chi connectivity index (χ2v) is 7.82. The fraction of sp³-hybridized carbons (Fsp3) is 0.923. The molecule has 2 spiro atoms. The number of nitrogens with zero attached hydrogens (tertiary/aromatic N) is 1. The number of carbonyl (C=O) groups is 1. The molecule has 3 rings (SSSR count). The van der Waals surface area contributed by atoms with Crippen molar-refractivity contribution in [3.63, 3.8) is 0 Å². The van der Waals surface area contributed by atoms with Crippen molar-refractivity contribution in [3.8, 4) is 0 Å². The molecule has 0 N–H and O–H groups in total. The molecule has 120 valence electrons. The summed E-state index contributed by atoms with van der Waals surface area (Å²) in [7, 11) is -1.91. The maximum Gasteiger partial charge on any atom is 0.265 e. The molecule has 0 radical (unpaired) electrons. The smallest absolute Gasteiger partial charge is 0.265 e. The second kappa shape index (κ2) is 4.91. The molecular formula is C13H21NO6S. The van der Waals surface area contributed by atoms with Crippen LogP contribution in [0.3, 0.4) is 0 Å². The molecule has 2 aliphatic heterocycles. The molecule has 0 aromatic heterocycles. The molecule has 2 heterocycles. The van der Waals surface area contributed by atoms with Crippen LogP contribution in [0.4, 0.5) is 0 Å². The summed E-state index contributed by atoms with van der Waals surface area (Å²) in [6.07, 6.45) is 3.39. The first-order chi connectivity index (χ1) is 9.75. The number of carbonyl (C=O) groups excluding carboxylic acids is 1. The van der Waals surface area contributed by atoms with Gasteiger partial charge in [-0.05, 0) is 12.8 Å². The highest BCUT2D eigenvalue weighted by Gasteiger charge is 2.55. The summed E-state index contributed by atoms with van der Waals surface area (Å²) >= 11 is 0. The van der Waals surface area contributed by atoms with E-state index in [9.17, 15) is 13.2 Å². The van der Waals surface area contributed by atoms with Crippen LogP contribution in [0, 0.1) is 0 Å². The molecule has 1 aliphatic carbocycles. The Balaban J connectivity index is 1.73. The fourth-order valence-electron chi connectivity index (χ4n) is 3.73. The Labute approximate surface area is 124 Å². The SMILES string of the molecule is CN1C(=O)C(OS(C)(=O)=O)CC12CCC1(CC2)OCCO1. The van der Waals surface area contributed by atoms with Crippen LogP contribution in [0.15, 0.2) is 0 Å². The molecular weight excluding hydrogens is 298 g/mol. The van der Waals surface area contributed by atoms with Gasteiger partial charge < -0.3 is 14.4 Å². The third kappa shape index (κ3) is 2.69. The molecule has 1 atom stereocenters. The summed E-state index contributed by atoms with van der Waals surface area (Å²) in [5.74, 6) is -0.755. The summed E-state index contributed by atoms with van der Waals surface area (Å²) < 4.78 is 38.9. The Kier molecular flexibility index (Phi) is 3.55. The number of ether oxygens (including phenoxy) is 2. The van der Waals surface area contributed by atoms with Gasteiger partial charge in [0.15, 0.2) is 11.9 Å². The molecule has 3 fully saturated rings. The van der Waals surface area contributed by atoms with Crippen LogP contribution in [0.1, 0.15) is 32.1 Å². The zero-order valence-electron chi connectivity index (χ0n) is 12.3. The van der Waals surface area contributed by atoms with Crippen molar-refractivity contribution in [2.75, 3.05) is 26.5 Å². The van der Waals surface area contributed by atoms with Gasteiger partial charge in [0, 0.05) is 31.8 Å². The first-order valence-electron chi connectivity index (χ1n) is 7.19. The predicted octanol–water partition coefficient (Wildman–Crippen LogP) is 0.249. The number of amides is 1. The van der Waals surface area contributed by atoms with E-state index < -0.39 is 22.0 Å². The van der Waals surface area contributed by atoms with E-state index in [1.54, 1.807) is 11.9 Å². The van der Waals surface area contributed by atoms with Crippen molar-refractivity contribution in [1.29, 1.82) is 0 Å². The minimum Gasteiger partial charge on any atom is -0.348 e. The number of hydrogen-bond acceptors (Lipinski definition) is 6. The van der Waals surface area contributed by atoms with Gasteiger partial charge in [0.2, 0.25) is 0 Å². The van der Waals surface area contributed by atoms with Gasteiger partial charge >= 0.3 is 0 Å². The highest BCUT2D eigenvalue weighted by atomic mass is 32.2. The Hall–Kier alpha value is -0.700. The molecule has 2 saturated heterocycles. The maximum atomic E-state index is 12.2. The molecule has 3 aliphatic rings. The number of rotatable bonds is 2. The highest BCUT2D eigenvalue weighted by molar-refractivity contribution is 7.86.